The molecule has 0 fully saturated rings. The van der Waals surface area contributed by atoms with E-state index in [1.807, 2.05) is 12.1 Å². The summed E-state index contributed by atoms with van der Waals surface area (Å²) in [7, 11) is -2.08. The minimum atomic E-state index is -3.60. The van der Waals surface area contributed by atoms with Gasteiger partial charge >= 0.3 is 0 Å². The number of anilines is 2. The van der Waals surface area contributed by atoms with Crippen molar-refractivity contribution >= 4 is 49.9 Å². The fraction of sp³-hybridized carbons (Fsp3) is 0.188. The number of rotatable bonds is 6. The molecular formula is C16H17IN2O4S. The molecule has 0 radical (unpaired) electrons. The van der Waals surface area contributed by atoms with Crippen LogP contribution in [0, 0.1) is 3.57 Å². The summed E-state index contributed by atoms with van der Waals surface area (Å²) >= 11 is 2.16. The Morgan fingerprint density at radius 2 is 1.71 bits per heavy atom. The van der Waals surface area contributed by atoms with Gasteiger partial charge in [-0.1, -0.05) is 0 Å². The summed E-state index contributed by atoms with van der Waals surface area (Å²) in [4.78, 5) is 12.2. The molecular weight excluding hydrogens is 443 g/mol. The van der Waals surface area contributed by atoms with E-state index in [2.05, 4.69) is 27.9 Å². The normalized spacial score (nSPS) is 11.0. The zero-order valence-corrected chi connectivity index (χ0v) is 16.2. The number of nitrogens with one attached hydrogen (secondary N) is 1. The standard InChI is InChI=1S/C16H17IN2O4S/c1-23-15-9-7-14(8-10-15)19(24(2,21)22)11-16(20)18-13-5-3-12(17)4-6-13/h3-10H,11H2,1-2H3,(H,18,20). The van der Waals surface area contributed by atoms with Gasteiger partial charge < -0.3 is 10.1 Å². The second-order valence-electron chi connectivity index (χ2n) is 5.02. The van der Waals surface area contributed by atoms with E-state index in [1.54, 1.807) is 36.4 Å². The molecule has 0 heterocycles. The van der Waals surface area contributed by atoms with Crippen LogP contribution in [0.15, 0.2) is 48.5 Å². The van der Waals surface area contributed by atoms with Crippen molar-refractivity contribution in [3.05, 3.63) is 52.1 Å². The average Bonchev–Trinajstić information content (AvgIpc) is 2.54. The maximum Gasteiger partial charge on any atom is 0.245 e. The molecule has 0 saturated heterocycles. The Kier molecular flexibility index (Phi) is 6.05. The van der Waals surface area contributed by atoms with Crippen LogP contribution in [0.3, 0.4) is 0 Å². The van der Waals surface area contributed by atoms with E-state index in [-0.39, 0.29) is 6.54 Å². The highest BCUT2D eigenvalue weighted by Crippen LogP contribution is 2.21. The lowest BCUT2D eigenvalue weighted by Gasteiger charge is -2.22. The molecule has 0 atom stereocenters. The smallest absolute Gasteiger partial charge is 0.245 e. The number of methoxy groups -OCH3 is 1. The number of halogens is 1. The van der Waals surface area contributed by atoms with Crippen molar-refractivity contribution in [1.29, 1.82) is 0 Å². The quantitative estimate of drug-likeness (QED) is 0.673. The van der Waals surface area contributed by atoms with Crippen molar-refractivity contribution in [2.45, 2.75) is 0 Å². The third-order valence-corrected chi connectivity index (χ3v) is 5.04. The predicted molar refractivity (Wildman–Crippen MR) is 103 cm³/mol. The number of ether oxygens (including phenoxy) is 1. The van der Waals surface area contributed by atoms with Crippen LogP contribution in [-0.2, 0) is 14.8 Å². The summed E-state index contributed by atoms with van der Waals surface area (Å²) in [5.74, 6) is 0.188. The monoisotopic (exact) mass is 460 g/mol. The summed E-state index contributed by atoms with van der Waals surface area (Å²) in [5.41, 5.74) is 1.01. The lowest BCUT2D eigenvalue weighted by molar-refractivity contribution is -0.114. The largest absolute Gasteiger partial charge is 0.497 e. The molecule has 0 aromatic heterocycles. The Morgan fingerprint density at radius 3 is 2.21 bits per heavy atom. The Hall–Kier alpha value is -1.81. The zero-order valence-electron chi connectivity index (χ0n) is 13.2. The van der Waals surface area contributed by atoms with Gasteiger partial charge in [0, 0.05) is 9.26 Å². The number of amides is 1. The third kappa shape index (κ3) is 5.10. The summed E-state index contributed by atoms with van der Waals surface area (Å²) in [6, 6.07) is 13.7. The second-order valence-corrected chi connectivity index (χ2v) is 8.18. The summed E-state index contributed by atoms with van der Waals surface area (Å²) in [6.07, 6.45) is 1.06. The van der Waals surface area contributed by atoms with E-state index in [0.717, 1.165) is 14.1 Å². The van der Waals surface area contributed by atoms with Crippen LogP contribution in [0.4, 0.5) is 11.4 Å². The average molecular weight is 460 g/mol. The van der Waals surface area contributed by atoms with Gasteiger partial charge in [0.15, 0.2) is 0 Å². The summed E-state index contributed by atoms with van der Waals surface area (Å²) < 4.78 is 31.2. The minimum absolute atomic E-state index is 0.308. The fourth-order valence-corrected chi connectivity index (χ4v) is 3.23. The van der Waals surface area contributed by atoms with E-state index in [9.17, 15) is 13.2 Å². The summed E-state index contributed by atoms with van der Waals surface area (Å²) in [5, 5.41) is 2.69. The molecule has 6 nitrogen and oxygen atoms in total. The van der Waals surface area contributed by atoms with E-state index in [0.29, 0.717) is 17.1 Å². The first-order chi connectivity index (χ1) is 11.3. The molecule has 128 valence electrons. The Balaban J connectivity index is 2.16. The van der Waals surface area contributed by atoms with Crippen molar-refractivity contribution in [2.75, 3.05) is 29.5 Å². The highest BCUT2D eigenvalue weighted by molar-refractivity contribution is 14.1. The summed E-state index contributed by atoms with van der Waals surface area (Å²) in [6.45, 7) is -0.308. The first kappa shape index (κ1) is 18.5. The lowest BCUT2D eigenvalue weighted by Crippen LogP contribution is -2.37. The molecule has 8 heteroatoms. The number of carbonyl (C=O) groups is 1. The van der Waals surface area contributed by atoms with Gasteiger partial charge in [0.2, 0.25) is 15.9 Å². The SMILES string of the molecule is COc1ccc(N(CC(=O)Nc2ccc(I)cc2)S(C)(=O)=O)cc1. The van der Waals surface area contributed by atoms with E-state index < -0.39 is 15.9 Å². The topological polar surface area (TPSA) is 75.7 Å². The molecule has 2 rings (SSSR count). The number of hydrogen-bond acceptors (Lipinski definition) is 4. The maximum atomic E-state index is 12.2. The van der Waals surface area contributed by atoms with Gasteiger partial charge in [-0.15, -0.1) is 0 Å². The molecule has 2 aromatic carbocycles. The van der Waals surface area contributed by atoms with Crippen molar-refractivity contribution in [1.82, 2.24) is 0 Å². The molecule has 24 heavy (non-hydrogen) atoms. The van der Waals surface area contributed by atoms with Gasteiger partial charge in [-0.3, -0.25) is 9.10 Å². The van der Waals surface area contributed by atoms with Crippen molar-refractivity contribution in [3.63, 3.8) is 0 Å². The van der Waals surface area contributed by atoms with Gasteiger partial charge in [-0.05, 0) is 71.1 Å². The van der Waals surface area contributed by atoms with Crippen LogP contribution in [0.25, 0.3) is 0 Å². The molecule has 0 aliphatic rings. The van der Waals surface area contributed by atoms with Crippen LogP contribution >= 0.6 is 22.6 Å². The van der Waals surface area contributed by atoms with Crippen LogP contribution in [0.5, 0.6) is 5.75 Å². The Labute approximate surface area is 155 Å². The molecule has 0 spiro atoms. The zero-order chi connectivity index (χ0) is 17.7. The Morgan fingerprint density at radius 1 is 1.12 bits per heavy atom. The number of sulfonamides is 1. The predicted octanol–water partition coefficient (Wildman–Crippen LogP) is 2.70. The van der Waals surface area contributed by atoms with Crippen LogP contribution in [-0.4, -0.2) is 34.2 Å². The van der Waals surface area contributed by atoms with E-state index in [4.69, 9.17) is 4.74 Å². The van der Waals surface area contributed by atoms with Crippen LogP contribution < -0.4 is 14.4 Å². The molecule has 1 N–H and O–H groups in total. The number of nitrogens with zero attached hydrogens (tertiary/aromatic N) is 1. The van der Waals surface area contributed by atoms with E-state index >= 15 is 0 Å². The first-order valence-electron chi connectivity index (χ1n) is 6.97. The fourth-order valence-electron chi connectivity index (χ4n) is 2.01. The van der Waals surface area contributed by atoms with Gasteiger partial charge in [-0.25, -0.2) is 8.42 Å². The van der Waals surface area contributed by atoms with Gasteiger partial charge in [-0.2, -0.15) is 0 Å². The highest BCUT2D eigenvalue weighted by Gasteiger charge is 2.21. The maximum absolute atomic E-state index is 12.2. The van der Waals surface area contributed by atoms with Gasteiger partial charge in [0.25, 0.3) is 0 Å². The highest BCUT2D eigenvalue weighted by atomic mass is 127. The minimum Gasteiger partial charge on any atom is -0.497 e. The van der Waals surface area contributed by atoms with Crippen LogP contribution in [0.1, 0.15) is 0 Å². The van der Waals surface area contributed by atoms with E-state index in [1.165, 1.54) is 7.11 Å². The second kappa shape index (κ2) is 7.84. The molecule has 0 saturated carbocycles. The van der Waals surface area contributed by atoms with Crippen molar-refractivity contribution < 1.29 is 17.9 Å². The third-order valence-electron chi connectivity index (χ3n) is 3.18. The van der Waals surface area contributed by atoms with Crippen LogP contribution in [0.2, 0.25) is 0 Å². The number of hydrogen-bond donors (Lipinski definition) is 1. The van der Waals surface area contributed by atoms with Gasteiger partial charge in [0.05, 0.1) is 19.1 Å². The molecule has 0 unspecified atom stereocenters. The molecule has 2 aromatic rings. The molecule has 0 bridgehead atoms. The lowest BCUT2D eigenvalue weighted by atomic mass is 10.3. The van der Waals surface area contributed by atoms with Crippen molar-refractivity contribution in [3.8, 4) is 5.75 Å². The molecule has 1 amide bonds. The first-order valence-corrected chi connectivity index (χ1v) is 9.89. The Bertz CT molecular complexity index is 805. The van der Waals surface area contributed by atoms with Gasteiger partial charge in [0.1, 0.15) is 12.3 Å². The number of carbonyl (C=O) groups excluding carboxylic acids is 1. The molecule has 0 aliphatic carbocycles. The number of benzene rings is 2. The van der Waals surface area contributed by atoms with Crippen molar-refractivity contribution in [2.24, 2.45) is 0 Å². The molecule has 0 aliphatic heterocycles.